The normalized spacial score (nSPS) is 16.1. The van der Waals surface area contributed by atoms with Crippen LogP contribution in [-0.2, 0) is 18.5 Å². The Balaban J connectivity index is 2.47. The van der Waals surface area contributed by atoms with Crippen LogP contribution in [0.4, 0.5) is 39.5 Å². The van der Waals surface area contributed by atoms with E-state index < -0.39 is 63.1 Å². The summed E-state index contributed by atoms with van der Waals surface area (Å²) in [6.07, 6.45) is -19.7. The number of alkyl halides is 9. The molecule has 0 amide bonds. The fraction of sp³-hybridized carbons (Fsp3) is 0.353. The van der Waals surface area contributed by atoms with Crippen LogP contribution in [0.25, 0.3) is 0 Å². The number of halogens is 9. The molecule has 30 heavy (non-hydrogen) atoms. The standard InChI is InChI=1S/C17H10F9NO2S/c18-15(19,20)8-3-7(4-9(5-8)16(21,22)23)13(28)10(6-27)14(29)11-1-2-12(30-11)17(24,25)26/h1-5,10,13-14,28-29H. The molecule has 0 saturated carbocycles. The molecule has 2 N–H and O–H groups in total. The van der Waals surface area contributed by atoms with E-state index in [1.165, 1.54) is 6.07 Å². The molecule has 164 valence electrons. The van der Waals surface area contributed by atoms with Gasteiger partial charge in [0.1, 0.15) is 16.9 Å². The van der Waals surface area contributed by atoms with Gasteiger partial charge in [-0.2, -0.15) is 44.8 Å². The monoisotopic (exact) mass is 463 g/mol. The van der Waals surface area contributed by atoms with Crippen LogP contribution < -0.4 is 0 Å². The number of hydrogen-bond donors (Lipinski definition) is 2. The molecule has 0 bridgehead atoms. The number of benzene rings is 1. The fourth-order valence-corrected chi connectivity index (χ4v) is 3.42. The molecule has 1 heterocycles. The van der Waals surface area contributed by atoms with Crippen LogP contribution in [0.15, 0.2) is 30.3 Å². The minimum atomic E-state index is -5.22. The second-order valence-electron chi connectivity index (χ2n) is 6.08. The molecular weight excluding hydrogens is 453 g/mol. The van der Waals surface area contributed by atoms with Crippen LogP contribution >= 0.6 is 11.3 Å². The van der Waals surface area contributed by atoms with Crippen molar-refractivity contribution in [2.75, 3.05) is 0 Å². The van der Waals surface area contributed by atoms with Gasteiger partial charge in [-0.25, -0.2) is 0 Å². The van der Waals surface area contributed by atoms with Crippen LogP contribution in [0, 0.1) is 17.2 Å². The second-order valence-corrected chi connectivity index (χ2v) is 7.20. The molecule has 0 radical (unpaired) electrons. The first kappa shape index (κ1) is 24.0. The summed E-state index contributed by atoms with van der Waals surface area (Å²) in [5.74, 6) is -2.05. The Morgan fingerprint density at radius 1 is 0.767 bits per heavy atom. The average Bonchev–Trinajstić information content (AvgIpc) is 3.10. The molecule has 1 aromatic heterocycles. The van der Waals surface area contributed by atoms with Gasteiger partial charge in [-0.05, 0) is 35.9 Å². The first-order chi connectivity index (χ1) is 13.6. The van der Waals surface area contributed by atoms with E-state index in [1.807, 2.05) is 0 Å². The van der Waals surface area contributed by atoms with E-state index in [2.05, 4.69) is 0 Å². The minimum absolute atomic E-state index is 0.0218. The zero-order chi connectivity index (χ0) is 23.1. The minimum Gasteiger partial charge on any atom is -0.387 e. The van der Waals surface area contributed by atoms with Crippen molar-refractivity contribution in [2.45, 2.75) is 30.7 Å². The van der Waals surface area contributed by atoms with Gasteiger partial charge in [0, 0.05) is 4.88 Å². The lowest BCUT2D eigenvalue weighted by molar-refractivity contribution is -0.143. The topological polar surface area (TPSA) is 64.2 Å². The molecule has 1 aromatic carbocycles. The van der Waals surface area contributed by atoms with Gasteiger partial charge in [0.15, 0.2) is 0 Å². The van der Waals surface area contributed by atoms with E-state index >= 15 is 0 Å². The molecule has 13 heteroatoms. The van der Waals surface area contributed by atoms with Crippen molar-refractivity contribution in [3.63, 3.8) is 0 Å². The molecule has 2 rings (SSSR count). The Morgan fingerprint density at radius 3 is 1.63 bits per heavy atom. The lowest BCUT2D eigenvalue weighted by atomic mass is 9.89. The zero-order valence-corrected chi connectivity index (χ0v) is 15.1. The van der Waals surface area contributed by atoms with Crippen LogP contribution in [-0.4, -0.2) is 10.2 Å². The van der Waals surface area contributed by atoms with Gasteiger partial charge in [0.2, 0.25) is 0 Å². The molecule has 0 fully saturated rings. The number of thiophene rings is 1. The summed E-state index contributed by atoms with van der Waals surface area (Å²) >= 11 is 0.0218. The number of aliphatic hydroxyl groups excluding tert-OH is 2. The van der Waals surface area contributed by atoms with E-state index in [0.717, 1.165) is 6.07 Å². The highest BCUT2D eigenvalue weighted by Crippen LogP contribution is 2.42. The summed E-state index contributed by atoms with van der Waals surface area (Å²) < 4.78 is 116. The molecule has 3 unspecified atom stereocenters. The largest absolute Gasteiger partial charge is 0.425 e. The van der Waals surface area contributed by atoms with E-state index in [9.17, 15) is 55.0 Å². The van der Waals surface area contributed by atoms with Gasteiger partial charge in [-0.15, -0.1) is 11.3 Å². The Labute approximate surface area is 166 Å². The van der Waals surface area contributed by atoms with Crippen molar-refractivity contribution in [1.29, 1.82) is 5.26 Å². The molecule has 0 aliphatic heterocycles. The number of hydrogen-bond acceptors (Lipinski definition) is 4. The van der Waals surface area contributed by atoms with Crippen LogP contribution in [0.2, 0.25) is 0 Å². The number of rotatable bonds is 4. The van der Waals surface area contributed by atoms with Gasteiger partial charge < -0.3 is 10.2 Å². The third-order valence-corrected chi connectivity index (χ3v) is 5.18. The summed E-state index contributed by atoms with van der Waals surface area (Å²) in [5, 5.41) is 29.6. The van der Waals surface area contributed by atoms with Crippen molar-refractivity contribution < 1.29 is 49.7 Å². The third kappa shape index (κ3) is 5.24. The molecule has 0 saturated heterocycles. The van der Waals surface area contributed by atoms with Crippen molar-refractivity contribution >= 4 is 11.3 Å². The second kappa shape index (κ2) is 8.09. The lowest BCUT2D eigenvalue weighted by Gasteiger charge is -2.23. The predicted molar refractivity (Wildman–Crippen MR) is 84.8 cm³/mol. The van der Waals surface area contributed by atoms with Crippen molar-refractivity contribution in [3.8, 4) is 6.07 Å². The summed E-state index contributed by atoms with van der Waals surface area (Å²) in [5.41, 5.74) is -4.49. The van der Waals surface area contributed by atoms with Gasteiger partial charge in [-0.3, -0.25) is 0 Å². The van der Waals surface area contributed by atoms with Gasteiger partial charge in [0.05, 0.1) is 23.3 Å². The van der Waals surface area contributed by atoms with E-state index in [1.54, 1.807) is 0 Å². The lowest BCUT2D eigenvalue weighted by Crippen LogP contribution is -2.20. The molecule has 3 nitrogen and oxygen atoms in total. The quantitative estimate of drug-likeness (QED) is 0.571. The Kier molecular flexibility index (Phi) is 6.46. The number of aliphatic hydroxyl groups is 2. The van der Waals surface area contributed by atoms with E-state index in [4.69, 9.17) is 0 Å². The van der Waals surface area contributed by atoms with Crippen molar-refractivity contribution in [1.82, 2.24) is 0 Å². The Morgan fingerprint density at radius 2 is 1.27 bits per heavy atom. The fourth-order valence-electron chi connectivity index (χ4n) is 2.51. The Hall–Kier alpha value is -2.30. The van der Waals surface area contributed by atoms with Crippen molar-refractivity contribution in [3.05, 3.63) is 56.8 Å². The van der Waals surface area contributed by atoms with Gasteiger partial charge in [0.25, 0.3) is 0 Å². The highest BCUT2D eigenvalue weighted by Gasteiger charge is 2.40. The molecule has 3 atom stereocenters. The molecule has 0 aliphatic rings. The zero-order valence-electron chi connectivity index (χ0n) is 14.3. The van der Waals surface area contributed by atoms with Crippen LogP contribution in [0.1, 0.15) is 38.7 Å². The first-order valence-electron chi connectivity index (χ1n) is 7.77. The maximum Gasteiger partial charge on any atom is 0.425 e. The SMILES string of the molecule is N#CC(C(O)c1cc(C(F)(F)F)cc(C(F)(F)F)c1)C(O)c1ccc(C(F)(F)F)s1. The summed E-state index contributed by atoms with van der Waals surface area (Å²) in [6.45, 7) is 0. The van der Waals surface area contributed by atoms with Crippen LogP contribution in [0.5, 0.6) is 0 Å². The summed E-state index contributed by atoms with van der Waals surface area (Å²) in [4.78, 5) is -1.60. The summed E-state index contributed by atoms with van der Waals surface area (Å²) in [7, 11) is 0. The third-order valence-electron chi connectivity index (χ3n) is 3.98. The maximum atomic E-state index is 13.0. The molecule has 2 aromatic rings. The highest BCUT2D eigenvalue weighted by atomic mass is 32.1. The summed E-state index contributed by atoms with van der Waals surface area (Å²) in [6, 6.07) is 2.85. The molecular formula is C17H10F9NO2S. The number of nitrogens with zero attached hydrogens (tertiary/aromatic N) is 1. The van der Waals surface area contributed by atoms with Crippen LogP contribution in [0.3, 0.4) is 0 Å². The first-order valence-corrected chi connectivity index (χ1v) is 8.59. The highest BCUT2D eigenvalue weighted by molar-refractivity contribution is 7.12. The predicted octanol–water partition coefficient (Wildman–Crippen LogP) is 5.71. The van der Waals surface area contributed by atoms with Gasteiger partial charge in [-0.1, -0.05) is 0 Å². The van der Waals surface area contributed by atoms with E-state index in [-0.39, 0.29) is 29.5 Å². The van der Waals surface area contributed by atoms with E-state index in [0.29, 0.717) is 6.07 Å². The smallest absolute Gasteiger partial charge is 0.387 e. The Bertz CT molecular complexity index is 908. The number of nitriles is 1. The van der Waals surface area contributed by atoms with Crippen molar-refractivity contribution in [2.24, 2.45) is 5.92 Å². The molecule has 0 aliphatic carbocycles. The average molecular weight is 463 g/mol. The van der Waals surface area contributed by atoms with Gasteiger partial charge >= 0.3 is 18.5 Å². The maximum absolute atomic E-state index is 13.0. The molecule has 0 spiro atoms.